The summed E-state index contributed by atoms with van der Waals surface area (Å²) in [6.45, 7) is 24.5. The Morgan fingerprint density at radius 3 is 1.83 bits per heavy atom. The number of rotatable bonds is 1. The number of hydrogen-bond donors (Lipinski definition) is 0. The van der Waals surface area contributed by atoms with Crippen LogP contribution in [0.2, 0.25) is 0 Å². The summed E-state index contributed by atoms with van der Waals surface area (Å²) in [5.74, 6) is 1.20. The molecule has 0 bridgehead atoms. The maximum absolute atomic E-state index is 3.53. The number of allylic oxidation sites excluding steroid dienone is 4. The van der Waals surface area contributed by atoms with E-state index >= 15 is 0 Å². The van der Waals surface area contributed by atoms with Crippen molar-refractivity contribution in [3.05, 3.63) is 125 Å². The topological polar surface area (TPSA) is 0 Å². The van der Waals surface area contributed by atoms with E-state index in [0.717, 1.165) is 6.42 Å². The molecule has 0 heterocycles. The molecule has 2 aliphatic carbocycles. The molecule has 0 spiro atoms. The summed E-state index contributed by atoms with van der Waals surface area (Å²) in [5, 5.41) is 0. The molecule has 0 radical (unpaired) electrons. The molecular weight excluding hydrogens is 572 g/mol. The van der Waals surface area contributed by atoms with Crippen LogP contribution >= 0.6 is 0 Å². The molecule has 1 atom stereocenters. The van der Waals surface area contributed by atoms with Crippen molar-refractivity contribution in [2.24, 2.45) is 11.8 Å². The summed E-state index contributed by atoms with van der Waals surface area (Å²) in [5.41, 5.74) is 12.9. The van der Waals surface area contributed by atoms with Gasteiger partial charge in [-0.2, -0.15) is 76.9 Å². The fraction of sp³-hybridized carbons (Fsp3) is 0.400. The Hall–Kier alpha value is -2.11. The SMILES string of the molecule is CC(C)(C)c1c[c-]c2c(c1)-c1cc(C(C)(C)C)ccc1C2.CC1=[C-]C(C)C=C1C(C)C.Cc1cc[c-]cc1.[CH2]=[Zr].[CH3-]. The molecule has 1 unspecified atom stereocenters. The first-order chi connectivity index (χ1) is 18.7. The van der Waals surface area contributed by atoms with Crippen LogP contribution in [0.3, 0.4) is 0 Å². The first-order valence-corrected chi connectivity index (χ1v) is 16.2. The fourth-order valence-electron chi connectivity index (χ4n) is 4.94. The molecule has 0 nitrogen and oxygen atoms in total. The molecule has 41 heavy (non-hydrogen) atoms. The van der Waals surface area contributed by atoms with E-state index in [1.165, 1.54) is 74.3 Å². The van der Waals surface area contributed by atoms with Crippen LogP contribution in [0.5, 0.6) is 0 Å². The van der Waals surface area contributed by atoms with E-state index in [9.17, 15) is 0 Å². The first kappa shape index (κ1) is 36.9. The first-order valence-electron chi connectivity index (χ1n) is 14.5. The predicted molar refractivity (Wildman–Crippen MR) is 179 cm³/mol. The van der Waals surface area contributed by atoms with Gasteiger partial charge in [0, 0.05) is 0 Å². The second kappa shape index (κ2) is 15.9. The minimum atomic E-state index is 0. The van der Waals surface area contributed by atoms with E-state index in [2.05, 4.69) is 135 Å². The monoisotopic (exact) mass is 622 g/mol. The van der Waals surface area contributed by atoms with Gasteiger partial charge in [0.1, 0.15) is 0 Å². The molecule has 0 saturated carbocycles. The summed E-state index contributed by atoms with van der Waals surface area (Å²) >= 11 is 1.30. The van der Waals surface area contributed by atoms with Crippen molar-refractivity contribution >= 4 is 4.21 Å². The Bertz CT molecular complexity index is 1250. The van der Waals surface area contributed by atoms with Crippen LogP contribution in [-0.4, -0.2) is 4.21 Å². The van der Waals surface area contributed by atoms with Crippen molar-refractivity contribution in [2.45, 2.75) is 93.4 Å². The second-order valence-electron chi connectivity index (χ2n) is 13.2. The van der Waals surface area contributed by atoms with Gasteiger partial charge in [-0.15, -0.1) is 5.56 Å². The van der Waals surface area contributed by atoms with Crippen molar-refractivity contribution in [3.63, 3.8) is 0 Å². The normalized spacial score (nSPS) is 14.9. The maximum Gasteiger partial charge on any atom is -0.358 e. The Morgan fingerprint density at radius 2 is 1.41 bits per heavy atom. The van der Waals surface area contributed by atoms with Crippen molar-refractivity contribution in [2.75, 3.05) is 0 Å². The molecule has 0 fully saturated rings. The molecule has 3 aromatic carbocycles. The van der Waals surface area contributed by atoms with Crippen LogP contribution in [0.15, 0.2) is 71.8 Å². The van der Waals surface area contributed by atoms with Crippen molar-refractivity contribution < 1.29 is 24.2 Å². The van der Waals surface area contributed by atoms with Crippen LogP contribution in [0.25, 0.3) is 11.1 Å². The van der Waals surface area contributed by atoms with Gasteiger partial charge in [-0.1, -0.05) is 123 Å². The number of fused-ring (bicyclic) bond motifs is 3. The predicted octanol–water partition coefficient (Wildman–Crippen LogP) is 10.8. The van der Waals surface area contributed by atoms with E-state index in [1.54, 1.807) is 0 Å². The number of aryl methyl sites for hydroxylation is 1. The zero-order valence-corrected chi connectivity index (χ0v) is 30.3. The smallest absolute Gasteiger partial charge is 0.358 e. The van der Waals surface area contributed by atoms with Crippen molar-refractivity contribution in [1.29, 1.82) is 0 Å². The molecule has 1 heteroatoms. The standard InChI is InChI=1S/C21H25.C10H15.C7H7.CH3.CH2.Zr/c1-20(2,3)16-9-7-14-11-15-8-10-17(21(4,5)6)13-19(15)18(14)12-16;1-7(2)10-6-8(3)5-9(10)4;1-7-5-3-2-4-6-7;;;/h7,9-10,12-13H,11H2,1-6H3;6-8H,1-4H3;3-6H,1H3;1H3;1H2;/q4*-1;;. The third kappa shape index (κ3) is 10.6. The van der Waals surface area contributed by atoms with Crippen LogP contribution in [0.4, 0.5) is 0 Å². The Labute approximate surface area is 268 Å². The third-order valence-electron chi connectivity index (χ3n) is 7.34. The van der Waals surface area contributed by atoms with E-state index < -0.39 is 0 Å². The summed E-state index contributed by atoms with van der Waals surface area (Å²) in [4.78, 5) is 0. The summed E-state index contributed by atoms with van der Waals surface area (Å²) in [6, 6.07) is 25.9. The second-order valence-corrected chi connectivity index (χ2v) is 13.2. The third-order valence-corrected chi connectivity index (χ3v) is 7.34. The van der Waals surface area contributed by atoms with E-state index in [4.69, 9.17) is 0 Å². The molecule has 0 aliphatic heterocycles. The molecular formula is C40H52Zr-4. The van der Waals surface area contributed by atoms with Gasteiger partial charge in [-0.25, -0.2) is 5.57 Å². The van der Waals surface area contributed by atoms with E-state index in [1.807, 2.05) is 24.3 Å². The van der Waals surface area contributed by atoms with Crippen LogP contribution < -0.4 is 0 Å². The molecule has 5 rings (SSSR count). The van der Waals surface area contributed by atoms with Crippen LogP contribution in [0.1, 0.15) is 97.1 Å². The quantitative estimate of drug-likeness (QED) is 0.185. The minimum absolute atomic E-state index is 0. The Morgan fingerprint density at radius 1 is 0.854 bits per heavy atom. The average Bonchev–Trinajstić information content (AvgIpc) is 3.43. The summed E-state index contributed by atoms with van der Waals surface area (Å²) in [7, 11) is 0. The van der Waals surface area contributed by atoms with Crippen LogP contribution in [-0.2, 0) is 41.5 Å². The zero-order chi connectivity index (χ0) is 30.3. The largest absolute Gasteiger partial charge is 0.358 e. The molecule has 3 aromatic rings. The van der Waals surface area contributed by atoms with Crippen LogP contribution in [0, 0.1) is 44.4 Å². The zero-order valence-electron chi connectivity index (χ0n) is 27.8. The van der Waals surface area contributed by atoms with Gasteiger partial charge in [0.15, 0.2) is 0 Å². The minimum Gasteiger partial charge on any atom is -0.358 e. The van der Waals surface area contributed by atoms with Gasteiger partial charge < -0.3 is 7.43 Å². The van der Waals surface area contributed by atoms with Crippen molar-refractivity contribution in [3.8, 4) is 11.1 Å². The summed E-state index contributed by atoms with van der Waals surface area (Å²) < 4.78 is 3.34. The Balaban J connectivity index is 0.000000349. The van der Waals surface area contributed by atoms with E-state index in [0.29, 0.717) is 11.8 Å². The van der Waals surface area contributed by atoms with E-state index in [-0.39, 0.29) is 18.3 Å². The van der Waals surface area contributed by atoms with Gasteiger partial charge >= 0.3 is 28.4 Å². The van der Waals surface area contributed by atoms with Gasteiger partial charge in [0.25, 0.3) is 0 Å². The number of benzene rings is 3. The Kier molecular flexibility index (Phi) is 14.3. The van der Waals surface area contributed by atoms with Gasteiger partial charge in [-0.3, -0.25) is 6.08 Å². The molecule has 0 aromatic heterocycles. The van der Waals surface area contributed by atoms with Crippen molar-refractivity contribution in [1.82, 2.24) is 0 Å². The molecule has 220 valence electrons. The van der Waals surface area contributed by atoms with Gasteiger partial charge in [-0.05, 0) is 17.4 Å². The molecule has 0 saturated heterocycles. The maximum atomic E-state index is 3.53. The summed E-state index contributed by atoms with van der Waals surface area (Å²) in [6.07, 6.45) is 6.71. The average molecular weight is 624 g/mol. The molecule has 0 N–H and O–H groups in total. The molecule has 2 aliphatic rings. The fourth-order valence-corrected chi connectivity index (χ4v) is 4.94. The number of hydrogen-bond acceptors (Lipinski definition) is 0. The van der Waals surface area contributed by atoms with Gasteiger partial charge in [0.2, 0.25) is 0 Å². The molecule has 0 amide bonds. The van der Waals surface area contributed by atoms with Gasteiger partial charge in [0.05, 0.1) is 0 Å².